The maximum atomic E-state index is 12.7. The second-order valence-corrected chi connectivity index (χ2v) is 7.58. The number of carbonyl (C=O) groups excluding carboxylic acids is 1. The number of nitrogens with zero attached hydrogens (tertiary/aromatic N) is 3. The molecule has 0 atom stereocenters. The quantitative estimate of drug-likeness (QED) is 0.245. The van der Waals surface area contributed by atoms with Crippen LogP contribution in [-0.4, -0.2) is 33.8 Å². The van der Waals surface area contributed by atoms with Crippen LogP contribution >= 0.6 is 0 Å². The third-order valence-electron chi connectivity index (χ3n) is 5.63. The number of pyridine rings is 1. The summed E-state index contributed by atoms with van der Waals surface area (Å²) in [5.74, 6) is 0.183. The molecule has 1 saturated carbocycles. The van der Waals surface area contributed by atoms with Crippen molar-refractivity contribution in [2.45, 2.75) is 44.7 Å². The van der Waals surface area contributed by atoms with Crippen molar-refractivity contribution in [2.24, 2.45) is 5.22 Å². The van der Waals surface area contributed by atoms with E-state index in [0.29, 0.717) is 5.56 Å². The molecular formula is C22H24N6O2. The van der Waals surface area contributed by atoms with Gasteiger partial charge in [-0.3, -0.25) is 15.2 Å². The standard InChI is InChI=1S/C22H24N6O2/c1-14(23)28(27-24)18-8-6-17(7-9-18)26-22(29)16-4-2-15(3-5-16)21-19-11-13-30-20(19)10-12-25-21/h2-5,10-13,17-18,23-24H,6-9H2,1H3,(H,26,29). The maximum absolute atomic E-state index is 12.7. The molecule has 3 N–H and O–H groups in total. The number of carbonyl (C=O) groups is 1. The predicted octanol–water partition coefficient (Wildman–Crippen LogP) is 4.78. The number of fused-ring (bicyclic) bond motifs is 1. The van der Waals surface area contributed by atoms with Gasteiger partial charge in [0.05, 0.1) is 18.0 Å². The fourth-order valence-corrected chi connectivity index (χ4v) is 4.07. The van der Waals surface area contributed by atoms with Crippen LogP contribution in [0.1, 0.15) is 43.0 Å². The summed E-state index contributed by atoms with van der Waals surface area (Å²) >= 11 is 0. The Hall–Kier alpha value is -3.55. The summed E-state index contributed by atoms with van der Waals surface area (Å²) in [4.78, 5) is 17.1. The molecule has 1 aromatic carbocycles. The number of hydrogen-bond acceptors (Lipinski definition) is 6. The van der Waals surface area contributed by atoms with E-state index in [0.717, 1.165) is 47.9 Å². The van der Waals surface area contributed by atoms with E-state index < -0.39 is 0 Å². The maximum Gasteiger partial charge on any atom is 0.251 e. The Labute approximate surface area is 174 Å². The fraction of sp³-hybridized carbons (Fsp3) is 0.318. The van der Waals surface area contributed by atoms with Gasteiger partial charge >= 0.3 is 0 Å². The van der Waals surface area contributed by atoms with Gasteiger partial charge in [0.25, 0.3) is 5.91 Å². The minimum atomic E-state index is -0.0928. The van der Waals surface area contributed by atoms with Crippen LogP contribution in [0.5, 0.6) is 0 Å². The van der Waals surface area contributed by atoms with Crippen molar-refractivity contribution < 1.29 is 9.21 Å². The zero-order chi connectivity index (χ0) is 21.1. The minimum Gasteiger partial charge on any atom is -0.464 e. The highest BCUT2D eigenvalue weighted by Crippen LogP contribution is 2.28. The molecular weight excluding hydrogens is 380 g/mol. The molecule has 1 amide bonds. The van der Waals surface area contributed by atoms with Gasteiger partial charge in [-0.05, 0) is 56.9 Å². The van der Waals surface area contributed by atoms with E-state index in [-0.39, 0.29) is 23.8 Å². The molecule has 8 heteroatoms. The van der Waals surface area contributed by atoms with Gasteiger partial charge in [-0.25, -0.2) is 5.01 Å². The third-order valence-corrected chi connectivity index (χ3v) is 5.63. The Bertz CT molecular complexity index is 1070. The van der Waals surface area contributed by atoms with Crippen molar-refractivity contribution in [1.29, 1.82) is 10.9 Å². The average molecular weight is 404 g/mol. The first-order valence-electron chi connectivity index (χ1n) is 10.0. The van der Waals surface area contributed by atoms with Gasteiger partial charge < -0.3 is 9.73 Å². The minimum absolute atomic E-state index is 0.0607. The van der Waals surface area contributed by atoms with E-state index in [1.54, 1.807) is 19.4 Å². The van der Waals surface area contributed by atoms with Gasteiger partial charge in [0.1, 0.15) is 11.4 Å². The lowest BCUT2D eigenvalue weighted by Gasteiger charge is -2.33. The average Bonchev–Trinajstić information content (AvgIpc) is 3.24. The number of benzene rings is 1. The largest absolute Gasteiger partial charge is 0.464 e. The fourth-order valence-electron chi connectivity index (χ4n) is 4.07. The van der Waals surface area contributed by atoms with Crippen molar-refractivity contribution in [1.82, 2.24) is 15.3 Å². The molecule has 0 spiro atoms. The Kier molecular flexibility index (Phi) is 5.56. The summed E-state index contributed by atoms with van der Waals surface area (Å²) in [6.07, 6.45) is 6.56. The third kappa shape index (κ3) is 3.94. The van der Waals surface area contributed by atoms with Gasteiger partial charge in [-0.15, -0.1) is 0 Å². The van der Waals surface area contributed by atoms with Gasteiger partial charge in [-0.1, -0.05) is 17.4 Å². The molecule has 1 aliphatic rings. The van der Waals surface area contributed by atoms with Crippen molar-refractivity contribution >= 4 is 22.7 Å². The van der Waals surface area contributed by atoms with Gasteiger partial charge in [0, 0.05) is 28.8 Å². The van der Waals surface area contributed by atoms with Gasteiger partial charge in [-0.2, -0.15) is 5.53 Å². The van der Waals surface area contributed by atoms with E-state index in [9.17, 15) is 4.79 Å². The zero-order valence-electron chi connectivity index (χ0n) is 16.8. The smallest absolute Gasteiger partial charge is 0.251 e. The number of furan rings is 1. The molecule has 0 aliphatic heterocycles. The first-order chi connectivity index (χ1) is 14.6. The van der Waals surface area contributed by atoms with E-state index in [1.165, 1.54) is 5.01 Å². The molecule has 4 rings (SSSR count). The molecule has 8 nitrogen and oxygen atoms in total. The highest BCUT2D eigenvalue weighted by molar-refractivity contribution is 5.96. The molecule has 0 unspecified atom stereocenters. The van der Waals surface area contributed by atoms with Crippen LogP contribution < -0.4 is 5.32 Å². The van der Waals surface area contributed by atoms with Crippen LogP contribution in [0.15, 0.2) is 58.5 Å². The summed E-state index contributed by atoms with van der Waals surface area (Å²) in [5, 5.41) is 16.7. The van der Waals surface area contributed by atoms with Crippen LogP contribution in [0.25, 0.3) is 22.2 Å². The topological polar surface area (TPSA) is 118 Å². The van der Waals surface area contributed by atoms with Crippen molar-refractivity contribution in [3.8, 4) is 11.3 Å². The molecule has 154 valence electrons. The van der Waals surface area contributed by atoms with Gasteiger partial charge in [0.15, 0.2) is 0 Å². The van der Waals surface area contributed by atoms with E-state index >= 15 is 0 Å². The lowest BCUT2D eigenvalue weighted by Crippen LogP contribution is -2.43. The molecule has 2 heterocycles. The number of aromatic nitrogens is 1. The number of amides is 1. The van der Waals surface area contributed by atoms with Gasteiger partial charge in [0.2, 0.25) is 0 Å². The van der Waals surface area contributed by atoms with Crippen LogP contribution in [0.3, 0.4) is 0 Å². The molecule has 0 bridgehead atoms. The normalized spacial score (nSPS) is 18.7. The predicted molar refractivity (Wildman–Crippen MR) is 113 cm³/mol. The first kappa shape index (κ1) is 19.8. The second kappa shape index (κ2) is 8.44. The van der Waals surface area contributed by atoms with E-state index in [4.69, 9.17) is 15.4 Å². The lowest BCUT2D eigenvalue weighted by atomic mass is 9.90. The number of nitrogens with one attached hydrogen (secondary N) is 3. The highest BCUT2D eigenvalue weighted by Gasteiger charge is 2.27. The number of hydrogen-bond donors (Lipinski definition) is 3. The molecule has 3 aromatic rings. The molecule has 30 heavy (non-hydrogen) atoms. The second-order valence-electron chi connectivity index (χ2n) is 7.58. The van der Waals surface area contributed by atoms with Crippen molar-refractivity contribution in [3.05, 3.63) is 54.4 Å². The molecule has 1 aliphatic carbocycles. The monoisotopic (exact) mass is 404 g/mol. The molecule has 0 radical (unpaired) electrons. The summed E-state index contributed by atoms with van der Waals surface area (Å²) in [7, 11) is 0. The number of amidine groups is 1. The van der Waals surface area contributed by atoms with Crippen molar-refractivity contribution in [3.63, 3.8) is 0 Å². The van der Waals surface area contributed by atoms with Crippen LogP contribution in [0.2, 0.25) is 0 Å². The van der Waals surface area contributed by atoms with Crippen LogP contribution in [-0.2, 0) is 0 Å². The lowest BCUT2D eigenvalue weighted by molar-refractivity contribution is 0.0916. The van der Waals surface area contributed by atoms with Crippen LogP contribution in [0, 0.1) is 10.9 Å². The van der Waals surface area contributed by atoms with Crippen molar-refractivity contribution in [2.75, 3.05) is 0 Å². The van der Waals surface area contributed by atoms with E-state index in [2.05, 4.69) is 15.5 Å². The highest BCUT2D eigenvalue weighted by atomic mass is 16.3. The molecule has 0 saturated heterocycles. The Balaban J connectivity index is 1.39. The first-order valence-corrected chi connectivity index (χ1v) is 10.0. The summed E-state index contributed by atoms with van der Waals surface area (Å²) in [6, 6.07) is 11.3. The summed E-state index contributed by atoms with van der Waals surface area (Å²) in [6.45, 7) is 1.64. The van der Waals surface area contributed by atoms with E-state index in [1.807, 2.05) is 36.4 Å². The molecule has 2 aromatic heterocycles. The Morgan fingerprint density at radius 3 is 2.57 bits per heavy atom. The summed E-state index contributed by atoms with van der Waals surface area (Å²) < 4.78 is 5.43. The SMILES string of the molecule is CC(=N)N(N=N)C1CCC(NC(=O)c2ccc(-c3nccc4occc34)cc2)CC1. The Morgan fingerprint density at radius 1 is 1.17 bits per heavy atom. The Morgan fingerprint density at radius 2 is 1.90 bits per heavy atom. The number of rotatable bonds is 5. The molecule has 1 fully saturated rings. The van der Waals surface area contributed by atoms with Crippen LogP contribution in [0.4, 0.5) is 0 Å². The zero-order valence-corrected chi connectivity index (χ0v) is 16.8. The summed E-state index contributed by atoms with van der Waals surface area (Å²) in [5.41, 5.74) is 10.4.